The molecule has 1 aliphatic carbocycles. The van der Waals surface area contributed by atoms with Gasteiger partial charge in [-0.05, 0) is 59.8 Å². The Balaban J connectivity index is 1.60. The standard InChI is InChI=1S/C17H19BrN6O3S/c18-14-6-5-11(28(26,27)24-10-3-4-10)8-12(14)17(25)21-7-1-2-15-13(9-19)16(20)23-22-15/h5-6,8,10,24H,1-4,7H2,(H,21,25)(H3,20,22,23). The highest BCUT2D eigenvalue weighted by atomic mass is 79.9. The fourth-order valence-corrected chi connectivity index (χ4v) is 4.35. The van der Waals surface area contributed by atoms with Crippen LogP contribution in [0.2, 0.25) is 0 Å². The van der Waals surface area contributed by atoms with E-state index in [1.807, 2.05) is 6.07 Å². The van der Waals surface area contributed by atoms with Gasteiger partial charge in [0, 0.05) is 17.1 Å². The number of nitriles is 1. The number of carbonyl (C=O) groups is 1. The van der Waals surface area contributed by atoms with Gasteiger partial charge in [-0.25, -0.2) is 13.1 Å². The van der Waals surface area contributed by atoms with Crippen molar-refractivity contribution in [1.82, 2.24) is 20.2 Å². The molecule has 0 radical (unpaired) electrons. The first-order chi connectivity index (χ1) is 13.3. The van der Waals surface area contributed by atoms with Crippen molar-refractivity contribution in [3.8, 4) is 6.07 Å². The quantitative estimate of drug-likeness (QED) is 0.431. The number of nitrogen functional groups attached to an aromatic ring is 1. The Morgan fingerprint density at radius 1 is 1.43 bits per heavy atom. The van der Waals surface area contributed by atoms with E-state index in [2.05, 4.69) is 36.2 Å². The largest absolute Gasteiger partial charge is 0.381 e. The van der Waals surface area contributed by atoms with Gasteiger partial charge in [-0.1, -0.05) is 0 Å². The highest BCUT2D eigenvalue weighted by molar-refractivity contribution is 9.10. The molecule has 28 heavy (non-hydrogen) atoms. The van der Waals surface area contributed by atoms with Gasteiger partial charge in [0.15, 0.2) is 5.82 Å². The monoisotopic (exact) mass is 466 g/mol. The van der Waals surface area contributed by atoms with Gasteiger partial charge in [0.25, 0.3) is 5.91 Å². The van der Waals surface area contributed by atoms with Crippen molar-refractivity contribution in [2.45, 2.75) is 36.6 Å². The first-order valence-electron chi connectivity index (χ1n) is 8.64. The summed E-state index contributed by atoms with van der Waals surface area (Å²) >= 11 is 3.29. The second kappa shape index (κ2) is 8.30. The van der Waals surface area contributed by atoms with Crippen LogP contribution in [0, 0.1) is 11.3 Å². The molecule has 1 aliphatic rings. The minimum atomic E-state index is -3.64. The predicted molar refractivity (Wildman–Crippen MR) is 106 cm³/mol. The fourth-order valence-electron chi connectivity index (χ4n) is 2.60. The number of benzene rings is 1. The second-order valence-corrected chi connectivity index (χ2v) is 9.04. The van der Waals surface area contributed by atoms with Gasteiger partial charge in [-0.3, -0.25) is 9.89 Å². The van der Waals surface area contributed by atoms with Gasteiger partial charge in [0.2, 0.25) is 10.0 Å². The number of nitrogens with one attached hydrogen (secondary N) is 3. The van der Waals surface area contributed by atoms with E-state index in [1.54, 1.807) is 6.07 Å². The van der Waals surface area contributed by atoms with Crippen LogP contribution < -0.4 is 15.8 Å². The van der Waals surface area contributed by atoms with E-state index in [0.29, 0.717) is 35.1 Å². The van der Waals surface area contributed by atoms with Gasteiger partial charge in [-0.2, -0.15) is 10.4 Å². The van der Waals surface area contributed by atoms with Crippen LogP contribution in [0.15, 0.2) is 27.6 Å². The van der Waals surface area contributed by atoms with Crippen LogP contribution in [0.4, 0.5) is 5.82 Å². The summed E-state index contributed by atoms with van der Waals surface area (Å²) in [6, 6.07) is 6.33. The molecule has 2 aromatic rings. The molecule has 1 fully saturated rings. The molecule has 1 heterocycles. The summed E-state index contributed by atoms with van der Waals surface area (Å²) in [5.41, 5.74) is 6.76. The number of nitrogens with zero attached hydrogens (tertiary/aromatic N) is 2. The maximum Gasteiger partial charge on any atom is 0.252 e. The normalized spacial score (nSPS) is 13.9. The highest BCUT2D eigenvalue weighted by Gasteiger charge is 2.28. The molecule has 0 bridgehead atoms. The molecule has 11 heteroatoms. The van der Waals surface area contributed by atoms with Crippen LogP contribution in [0.1, 0.15) is 40.9 Å². The number of rotatable bonds is 8. The number of hydrogen-bond acceptors (Lipinski definition) is 6. The van der Waals surface area contributed by atoms with Crippen LogP contribution in [0.5, 0.6) is 0 Å². The third-order valence-corrected chi connectivity index (χ3v) is 6.47. The van der Waals surface area contributed by atoms with Crippen LogP contribution in [0.25, 0.3) is 0 Å². The molecule has 0 unspecified atom stereocenters. The summed E-state index contributed by atoms with van der Waals surface area (Å²) in [5.74, 6) is -0.233. The first kappa shape index (κ1) is 20.3. The minimum Gasteiger partial charge on any atom is -0.381 e. The van der Waals surface area contributed by atoms with Gasteiger partial charge in [-0.15, -0.1) is 0 Å². The summed E-state index contributed by atoms with van der Waals surface area (Å²) in [5, 5.41) is 18.3. The molecular weight excluding hydrogens is 448 g/mol. The summed E-state index contributed by atoms with van der Waals surface area (Å²) < 4.78 is 27.8. The SMILES string of the molecule is N#Cc1c(N)n[nH]c1CCCNC(=O)c1cc(S(=O)(=O)NC2CC2)ccc1Br. The Morgan fingerprint density at radius 3 is 2.86 bits per heavy atom. The van der Waals surface area contributed by atoms with E-state index in [1.165, 1.54) is 12.1 Å². The number of aromatic nitrogens is 2. The number of nitrogens with two attached hydrogens (primary N) is 1. The van der Waals surface area contributed by atoms with Crippen molar-refractivity contribution in [1.29, 1.82) is 5.26 Å². The summed E-state index contributed by atoms with van der Waals surface area (Å²) in [4.78, 5) is 12.5. The van der Waals surface area contributed by atoms with E-state index < -0.39 is 10.0 Å². The summed E-state index contributed by atoms with van der Waals surface area (Å²) in [7, 11) is -3.64. The van der Waals surface area contributed by atoms with Crippen LogP contribution in [-0.2, 0) is 16.4 Å². The number of hydrogen-bond donors (Lipinski definition) is 4. The third kappa shape index (κ3) is 4.70. The number of H-pyrrole nitrogens is 1. The molecule has 148 valence electrons. The lowest BCUT2D eigenvalue weighted by atomic mass is 10.1. The Morgan fingerprint density at radius 2 is 2.18 bits per heavy atom. The van der Waals surface area contributed by atoms with Crippen molar-refractivity contribution >= 4 is 37.7 Å². The molecule has 9 nitrogen and oxygen atoms in total. The van der Waals surface area contributed by atoms with E-state index in [4.69, 9.17) is 11.0 Å². The Hall–Kier alpha value is -2.42. The van der Waals surface area contributed by atoms with Crippen molar-refractivity contribution < 1.29 is 13.2 Å². The van der Waals surface area contributed by atoms with Crippen molar-refractivity contribution in [3.63, 3.8) is 0 Å². The molecule has 1 aromatic heterocycles. The number of aryl methyl sites for hydroxylation is 1. The lowest BCUT2D eigenvalue weighted by Gasteiger charge is -2.10. The van der Waals surface area contributed by atoms with Crippen molar-refractivity contribution in [2.24, 2.45) is 0 Å². The number of sulfonamides is 1. The maximum absolute atomic E-state index is 12.5. The summed E-state index contributed by atoms with van der Waals surface area (Å²) in [6.07, 6.45) is 2.71. The van der Waals surface area contributed by atoms with Gasteiger partial charge >= 0.3 is 0 Å². The van der Waals surface area contributed by atoms with Gasteiger partial charge in [0.1, 0.15) is 11.6 Å². The number of halogens is 1. The molecule has 3 rings (SSSR count). The Labute approximate surface area is 170 Å². The van der Waals surface area contributed by atoms with Crippen LogP contribution >= 0.6 is 15.9 Å². The average molecular weight is 467 g/mol. The van der Waals surface area contributed by atoms with Gasteiger partial charge < -0.3 is 11.1 Å². The molecule has 0 atom stereocenters. The van der Waals surface area contributed by atoms with E-state index in [9.17, 15) is 13.2 Å². The smallest absolute Gasteiger partial charge is 0.252 e. The number of anilines is 1. The van der Waals surface area contributed by atoms with Crippen LogP contribution in [-0.4, -0.2) is 37.1 Å². The molecule has 0 aliphatic heterocycles. The van der Waals surface area contributed by atoms with E-state index in [0.717, 1.165) is 12.8 Å². The minimum absolute atomic E-state index is 0.0132. The van der Waals surface area contributed by atoms with Crippen LogP contribution in [0.3, 0.4) is 0 Å². The summed E-state index contributed by atoms with van der Waals surface area (Å²) in [6.45, 7) is 0.340. The maximum atomic E-state index is 12.5. The van der Waals surface area contributed by atoms with Gasteiger partial charge in [0.05, 0.1) is 16.2 Å². The Kier molecular flexibility index (Phi) is 6.02. The zero-order valence-corrected chi connectivity index (χ0v) is 17.2. The third-order valence-electron chi connectivity index (χ3n) is 4.26. The number of aromatic amines is 1. The fraction of sp³-hybridized carbons (Fsp3) is 0.353. The lowest BCUT2D eigenvalue weighted by Crippen LogP contribution is -2.28. The molecule has 0 spiro atoms. The molecule has 1 amide bonds. The molecule has 1 aromatic carbocycles. The molecule has 0 saturated heterocycles. The number of amides is 1. The van der Waals surface area contributed by atoms with E-state index in [-0.39, 0.29) is 28.2 Å². The average Bonchev–Trinajstić information content (AvgIpc) is 3.38. The van der Waals surface area contributed by atoms with Crippen molar-refractivity contribution in [3.05, 3.63) is 39.5 Å². The topological polar surface area (TPSA) is 154 Å². The zero-order valence-electron chi connectivity index (χ0n) is 14.8. The second-order valence-electron chi connectivity index (χ2n) is 6.47. The van der Waals surface area contributed by atoms with Crippen molar-refractivity contribution in [2.75, 3.05) is 12.3 Å². The predicted octanol–water partition coefficient (Wildman–Crippen LogP) is 1.43. The first-order valence-corrected chi connectivity index (χ1v) is 10.9. The van der Waals surface area contributed by atoms with E-state index >= 15 is 0 Å². The molecular formula is C17H19BrN6O3S. The Bertz CT molecular complexity index is 1040. The lowest BCUT2D eigenvalue weighted by molar-refractivity contribution is 0.0952. The molecule has 5 N–H and O–H groups in total. The zero-order chi connectivity index (χ0) is 20.3. The molecule has 1 saturated carbocycles. The number of carbonyl (C=O) groups excluding carboxylic acids is 1. The highest BCUT2D eigenvalue weighted by Crippen LogP contribution is 2.25.